The Labute approximate surface area is 137 Å². The number of carbonyl (C=O) groups excluding carboxylic acids is 2. The van der Waals surface area contributed by atoms with Crippen molar-refractivity contribution in [3.8, 4) is 0 Å². The first-order chi connectivity index (χ1) is 11.5. The summed E-state index contributed by atoms with van der Waals surface area (Å²) in [5, 5.41) is 5.08. The highest BCUT2D eigenvalue weighted by Gasteiger charge is 2.31. The van der Waals surface area contributed by atoms with Gasteiger partial charge in [0.15, 0.2) is 11.6 Å². The van der Waals surface area contributed by atoms with E-state index in [1.165, 1.54) is 6.07 Å². The van der Waals surface area contributed by atoms with Crippen LogP contribution < -0.4 is 15.5 Å². The molecule has 0 aliphatic carbocycles. The van der Waals surface area contributed by atoms with Crippen LogP contribution in [0.1, 0.15) is 6.42 Å². The van der Waals surface area contributed by atoms with E-state index in [0.29, 0.717) is 6.54 Å². The van der Waals surface area contributed by atoms with Crippen molar-refractivity contribution in [1.29, 1.82) is 0 Å². The highest BCUT2D eigenvalue weighted by atomic mass is 19.2. The van der Waals surface area contributed by atoms with Crippen LogP contribution in [0.4, 0.5) is 25.0 Å². The van der Waals surface area contributed by atoms with E-state index in [0.717, 1.165) is 17.8 Å². The van der Waals surface area contributed by atoms with Crippen molar-refractivity contribution in [3.63, 3.8) is 0 Å². The van der Waals surface area contributed by atoms with Crippen LogP contribution in [-0.2, 0) is 4.79 Å². The molecule has 1 atom stereocenters. The molecule has 7 heteroatoms. The number of anilines is 2. The zero-order valence-corrected chi connectivity index (χ0v) is 12.6. The van der Waals surface area contributed by atoms with Gasteiger partial charge in [-0.25, -0.2) is 13.6 Å². The van der Waals surface area contributed by atoms with Gasteiger partial charge in [0.1, 0.15) is 0 Å². The lowest BCUT2D eigenvalue weighted by molar-refractivity contribution is -0.117. The van der Waals surface area contributed by atoms with E-state index < -0.39 is 17.7 Å². The average molecular weight is 331 g/mol. The lowest BCUT2D eigenvalue weighted by Gasteiger charge is -2.17. The summed E-state index contributed by atoms with van der Waals surface area (Å²) in [6, 6.07) is 11.3. The highest BCUT2D eigenvalue weighted by Crippen LogP contribution is 2.21. The number of benzene rings is 2. The second kappa shape index (κ2) is 6.66. The number of hydrogen-bond donors (Lipinski definition) is 2. The topological polar surface area (TPSA) is 61.4 Å². The van der Waals surface area contributed by atoms with Gasteiger partial charge in [-0.1, -0.05) is 18.2 Å². The molecule has 3 rings (SSSR count). The molecule has 24 heavy (non-hydrogen) atoms. The molecule has 0 aromatic heterocycles. The molecule has 2 N–H and O–H groups in total. The number of urea groups is 1. The SMILES string of the molecule is O=C(Nc1ccc(F)c(F)c1)N[C@H]1CC(=O)N(c2ccccc2)C1. The summed E-state index contributed by atoms with van der Waals surface area (Å²) in [5.41, 5.74) is 0.906. The minimum absolute atomic E-state index is 0.0840. The van der Waals surface area contributed by atoms with Crippen molar-refractivity contribution >= 4 is 23.3 Å². The Bertz CT molecular complexity index is 768. The van der Waals surface area contributed by atoms with E-state index in [-0.39, 0.29) is 24.1 Å². The van der Waals surface area contributed by atoms with Gasteiger partial charge in [0.05, 0.1) is 6.04 Å². The fraction of sp³-hybridized carbons (Fsp3) is 0.176. The van der Waals surface area contributed by atoms with Gasteiger partial charge in [-0.2, -0.15) is 0 Å². The van der Waals surface area contributed by atoms with Crippen molar-refractivity contribution in [2.24, 2.45) is 0 Å². The zero-order chi connectivity index (χ0) is 17.1. The number of nitrogens with one attached hydrogen (secondary N) is 2. The summed E-state index contributed by atoms with van der Waals surface area (Å²) in [6.07, 6.45) is 0.181. The maximum atomic E-state index is 13.1. The molecular formula is C17H15F2N3O2. The lowest BCUT2D eigenvalue weighted by atomic mass is 10.2. The predicted molar refractivity (Wildman–Crippen MR) is 85.7 cm³/mol. The van der Waals surface area contributed by atoms with Gasteiger partial charge in [-0.15, -0.1) is 0 Å². The Morgan fingerprint density at radius 2 is 1.83 bits per heavy atom. The van der Waals surface area contributed by atoms with Crippen molar-refractivity contribution in [3.05, 3.63) is 60.2 Å². The van der Waals surface area contributed by atoms with Crippen LogP contribution in [-0.4, -0.2) is 24.5 Å². The smallest absolute Gasteiger partial charge is 0.319 e. The zero-order valence-electron chi connectivity index (χ0n) is 12.6. The third kappa shape index (κ3) is 3.51. The molecular weight excluding hydrogens is 316 g/mol. The molecule has 2 aromatic carbocycles. The van der Waals surface area contributed by atoms with E-state index in [1.54, 1.807) is 4.90 Å². The van der Waals surface area contributed by atoms with Crippen LogP contribution in [0.25, 0.3) is 0 Å². The van der Waals surface area contributed by atoms with Crippen LogP contribution in [0.2, 0.25) is 0 Å². The first kappa shape index (κ1) is 15.9. The Balaban J connectivity index is 1.59. The highest BCUT2D eigenvalue weighted by molar-refractivity contribution is 5.97. The molecule has 0 radical (unpaired) electrons. The Hall–Kier alpha value is -2.96. The number of halogens is 2. The van der Waals surface area contributed by atoms with Crippen molar-refractivity contribution in [2.45, 2.75) is 12.5 Å². The van der Waals surface area contributed by atoms with Gasteiger partial charge >= 0.3 is 6.03 Å². The normalized spacial score (nSPS) is 17.0. The van der Waals surface area contributed by atoms with Crippen molar-refractivity contribution < 1.29 is 18.4 Å². The van der Waals surface area contributed by atoms with E-state index in [9.17, 15) is 18.4 Å². The summed E-state index contributed by atoms with van der Waals surface area (Å²) in [4.78, 5) is 25.6. The summed E-state index contributed by atoms with van der Waals surface area (Å²) in [7, 11) is 0. The molecule has 3 amide bonds. The summed E-state index contributed by atoms with van der Waals surface area (Å²) >= 11 is 0. The molecule has 1 saturated heterocycles. The molecule has 5 nitrogen and oxygen atoms in total. The van der Waals surface area contributed by atoms with Crippen LogP contribution in [0.5, 0.6) is 0 Å². The molecule has 2 aromatic rings. The number of hydrogen-bond acceptors (Lipinski definition) is 2. The number of rotatable bonds is 3. The van der Waals surface area contributed by atoms with Gasteiger partial charge in [0.25, 0.3) is 0 Å². The van der Waals surface area contributed by atoms with Crippen LogP contribution in [0.15, 0.2) is 48.5 Å². The third-order valence-corrected chi connectivity index (χ3v) is 3.71. The predicted octanol–water partition coefficient (Wildman–Crippen LogP) is 2.89. The van der Waals surface area contributed by atoms with Gasteiger partial charge in [0, 0.05) is 30.4 Å². The second-order valence-electron chi connectivity index (χ2n) is 5.47. The van der Waals surface area contributed by atoms with Gasteiger partial charge in [-0.05, 0) is 24.3 Å². The maximum absolute atomic E-state index is 13.1. The number of amides is 3. The molecule has 0 saturated carbocycles. The monoisotopic (exact) mass is 331 g/mol. The summed E-state index contributed by atoms with van der Waals surface area (Å²) < 4.78 is 26.0. The number of para-hydroxylation sites is 1. The van der Waals surface area contributed by atoms with Crippen LogP contribution in [0.3, 0.4) is 0 Å². The molecule has 1 aliphatic rings. The van der Waals surface area contributed by atoms with Crippen molar-refractivity contribution in [2.75, 3.05) is 16.8 Å². The van der Waals surface area contributed by atoms with E-state index in [4.69, 9.17) is 0 Å². The fourth-order valence-electron chi connectivity index (χ4n) is 2.59. The van der Waals surface area contributed by atoms with Gasteiger partial charge < -0.3 is 15.5 Å². The molecule has 0 spiro atoms. The van der Waals surface area contributed by atoms with Crippen LogP contribution in [0, 0.1) is 11.6 Å². The maximum Gasteiger partial charge on any atom is 0.319 e. The second-order valence-corrected chi connectivity index (χ2v) is 5.47. The first-order valence-electron chi connectivity index (χ1n) is 7.41. The largest absolute Gasteiger partial charge is 0.333 e. The number of nitrogens with zero attached hydrogens (tertiary/aromatic N) is 1. The Morgan fingerprint density at radius 1 is 1.08 bits per heavy atom. The molecule has 0 unspecified atom stereocenters. The van der Waals surface area contributed by atoms with Gasteiger partial charge in [0.2, 0.25) is 5.91 Å². The minimum Gasteiger partial charge on any atom is -0.333 e. The standard InChI is InChI=1S/C17H15F2N3O2/c18-14-7-6-11(8-15(14)19)20-17(24)21-12-9-16(23)22(10-12)13-4-2-1-3-5-13/h1-8,12H,9-10H2,(H2,20,21,24)/t12-/m0/s1. The third-order valence-electron chi connectivity index (χ3n) is 3.71. The lowest BCUT2D eigenvalue weighted by Crippen LogP contribution is -2.39. The molecule has 1 aliphatic heterocycles. The average Bonchev–Trinajstić information content (AvgIpc) is 2.92. The minimum atomic E-state index is -1.04. The molecule has 124 valence electrons. The van der Waals surface area contributed by atoms with Crippen molar-refractivity contribution in [1.82, 2.24) is 5.32 Å². The van der Waals surface area contributed by atoms with E-state index in [1.807, 2.05) is 30.3 Å². The van der Waals surface area contributed by atoms with E-state index >= 15 is 0 Å². The Kier molecular flexibility index (Phi) is 4.41. The quantitative estimate of drug-likeness (QED) is 0.908. The van der Waals surface area contributed by atoms with Gasteiger partial charge in [-0.3, -0.25) is 4.79 Å². The molecule has 1 fully saturated rings. The first-order valence-corrected chi connectivity index (χ1v) is 7.41. The molecule has 1 heterocycles. The Morgan fingerprint density at radius 3 is 2.54 bits per heavy atom. The summed E-state index contributed by atoms with van der Waals surface area (Å²) in [5.74, 6) is -2.11. The summed E-state index contributed by atoms with van der Waals surface area (Å²) in [6.45, 7) is 0.355. The van der Waals surface area contributed by atoms with E-state index in [2.05, 4.69) is 10.6 Å². The molecule has 0 bridgehead atoms. The fourth-order valence-corrected chi connectivity index (χ4v) is 2.59. The van der Waals surface area contributed by atoms with Crippen LogP contribution >= 0.6 is 0 Å². The number of carbonyl (C=O) groups is 2.